The van der Waals surface area contributed by atoms with Gasteiger partial charge in [0.25, 0.3) is 0 Å². The molecule has 1 atom stereocenters. The second-order valence-electron chi connectivity index (χ2n) is 7.34. The maximum atomic E-state index is 12.3. The lowest BCUT2D eigenvalue weighted by atomic mass is 9.98. The molecule has 1 amide bonds. The van der Waals surface area contributed by atoms with Crippen LogP contribution in [0.3, 0.4) is 0 Å². The Kier molecular flexibility index (Phi) is 7.68. The van der Waals surface area contributed by atoms with E-state index in [1.165, 1.54) is 0 Å². The molecule has 0 saturated carbocycles. The fraction of sp³-hybridized carbons (Fsp3) is 0.619. The molecule has 7 nitrogen and oxygen atoms in total. The minimum absolute atomic E-state index is 0.00243. The van der Waals surface area contributed by atoms with E-state index in [-0.39, 0.29) is 17.8 Å². The zero-order valence-electron chi connectivity index (χ0n) is 16.7. The number of anilines is 2. The summed E-state index contributed by atoms with van der Waals surface area (Å²) in [5, 5.41) is 2.97. The first-order valence-corrected chi connectivity index (χ1v) is 10.3. The summed E-state index contributed by atoms with van der Waals surface area (Å²) in [6.45, 7) is 7.82. The molecule has 7 heteroatoms. The Hall–Kier alpha value is -2.12. The van der Waals surface area contributed by atoms with Gasteiger partial charge in [0.1, 0.15) is 0 Å². The average Bonchev–Trinajstić information content (AvgIpc) is 2.74. The lowest BCUT2D eigenvalue weighted by Crippen LogP contribution is -2.40. The van der Waals surface area contributed by atoms with Crippen molar-refractivity contribution in [2.24, 2.45) is 5.92 Å². The third-order valence-corrected chi connectivity index (χ3v) is 5.31. The van der Waals surface area contributed by atoms with Crippen molar-refractivity contribution in [3.05, 3.63) is 24.3 Å². The molecule has 0 bridgehead atoms. The van der Waals surface area contributed by atoms with Crippen molar-refractivity contribution in [3.63, 3.8) is 0 Å². The zero-order valence-corrected chi connectivity index (χ0v) is 16.7. The summed E-state index contributed by atoms with van der Waals surface area (Å²) in [7, 11) is 0. The SMILES string of the molecule is CCOC(=O)C1CCCN(CCC(=O)Nc2ccc(N3CCOCC3)cc2)C1. The summed E-state index contributed by atoms with van der Waals surface area (Å²) in [5.74, 6) is -0.182. The highest BCUT2D eigenvalue weighted by Crippen LogP contribution is 2.20. The summed E-state index contributed by atoms with van der Waals surface area (Å²) in [6.07, 6.45) is 2.26. The Bertz CT molecular complexity index is 644. The normalized spacial score (nSPS) is 20.6. The standard InChI is InChI=1S/C21H31N3O4/c1-2-28-21(26)17-4-3-10-23(16-17)11-9-20(25)22-18-5-7-19(8-6-18)24-12-14-27-15-13-24/h5-8,17H,2-4,9-16H2,1H3,(H,22,25). The molecule has 2 heterocycles. The maximum Gasteiger partial charge on any atom is 0.310 e. The summed E-state index contributed by atoms with van der Waals surface area (Å²) < 4.78 is 10.5. The van der Waals surface area contributed by atoms with Crippen LogP contribution in [0.25, 0.3) is 0 Å². The van der Waals surface area contributed by atoms with Crippen LogP contribution in [0.4, 0.5) is 11.4 Å². The number of piperidine rings is 1. The van der Waals surface area contributed by atoms with Crippen LogP contribution >= 0.6 is 0 Å². The highest BCUT2D eigenvalue weighted by atomic mass is 16.5. The number of likely N-dealkylation sites (tertiary alicyclic amines) is 1. The molecule has 0 aliphatic carbocycles. The highest BCUT2D eigenvalue weighted by molar-refractivity contribution is 5.91. The van der Waals surface area contributed by atoms with E-state index in [2.05, 4.69) is 15.1 Å². The number of benzene rings is 1. The monoisotopic (exact) mass is 389 g/mol. The number of nitrogens with one attached hydrogen (secondary N) is 1. The molecular formula is C21H31N3O4. The lowest BCUT2D eigenvalue weighted by Gasteiger charge is -2.31. The van der Waals surface area contributed by atoms with E-state index in [9.17, 15) is 9.59 Å². The molecule has 2 saturated heterocycles. The first kappa shape index (κ1) is 20.6. The van der Waals surface area contributed by atoms with Crippen molar-refractivity contribution in [1.82, 2.24) is 4.90 Å². The third kappa shape index (κ3) is 5.94. The number of rotatable bonds is 7. The second kappa shape index (κ2) is 10.4. The molecule has 1 aromatic carbocycles. The van der Waals surface area contributed by atoms with Crippen LogP contribution in [0, 0.1) is 5.92 Å². The predicted octanol–water partition coefficient (Wildman–Crippen LogP) is 2.13. The number of amides is 1. The van der Waals surface area contributed by atoms with E-state index in [0.717, 1.165) is 57.1 Å². The Morgan fingerprint density at radius 3 is 2.64 bits per heavy atom. The van der Waals surface area contributed by atoms with Crippen molar-refractivity contribution in [1.29, 1.82) is 0 Å². The number of carbonyl (C=O) groups excluding carboxylic acids is 2. The molecule has 0 radical (unpaired) electrons. The van der Waals surface area contributed by atoms with Gasteiger partial charge in [-0.1, -0.05) is 0 Å². The van der Waals surface area contributed by atoms with Gasteiger partial charge in [-0.25, -0.2) is 0 Å². The zero-order chi connectivity index (χ0) is 19.8. The third-order valence-electron chi connectivity index (χ3n) is 5.31. The van der Waals surface area contributed by atoms with Gasteiger partial charge in [-0.15, -0.1) is 0 Å². The van der Waals surface area contributed by atoms with Crippen LogP contribution in [0.1, 0.15) is 26.2 Å². The van der Waals surface area contributed by atoms with Crippen LogP contribution in [0.5, 0.6) is 0 Å². The van der Waals surface area contributed by atoms with E-state index in [1.54, 1.807) is 0 Å². The van der Waals surface area contributed by atoms with Crippen LogP contribution in [-0.2, 0) is 19.1 Å². The second-order valence-corrected chi connectivity index (χ2v) is 7.34. The van der Waals surface area contributed by atoms with Crippen molar-refractivity contribution in [2.45, 2.75) is 26.2 Å². The van der Waals surface area contributed by atoms with Crippen LogP contribution in [0.2, 0.25) is 0 Å². The van der Waals surface area contributed by atoms with Crippen molar-refractivity contribution in [3.8, 4) is 0 Å². The Labute approximate surface area is 167 Å². The molecule has 154 valence electrons. The molecule has 1 N–H and O–H groups in total. The maximum absolute atomic E-state index is 12.3. The van der Waals surface area contributed by atoms with Gasteiger partial charge in [-0.3, -0.25) is 9.59 Å². The molecule has 2 fully saturated rings. The molecule has 2 aliphatic rings. The average molecular weight is 389 g/mol. The summed E-state index contributed by atoms with van der Waals surface area (Å²) >= 11 is 0. The number of hydrogen-bond donors (Lipinski definition) is 1. The number of esters is 1. The number of nitrogens with zero attached hydrogens (tertiary/aromatic N) is 2. The van der Waals surface area contributed by atoms with Crippen LogP contribution < -0.4 is 10.2 Å². The van der Waals surface area contributed by atoms with E-state index in [1.807, 2.05) is 31.2 Å². The van der Waals surface area contributed by atoms with Gasteiger partial charge in [0.05, 0.1) is 25.7 Å². The largest absolute Gasteiger partial charge is 0.466 e. The van der Waals surface area contributed by atoms with Gasteiger partial charge in [-0.05, 0) is 50.6 Å². The molecule has 0 aromatic heterocycles. The molecule has 0 spiro atoms. The number of morpholine rings is 1. The Morgan fingerprint density at radius 2 is 1.93 bits per heavy atom. The lowest BCUT2D eigenvalue weighted by molar-refractivity contribution is -0.149. The van der Waals surface area contributed by atoms with Gasteiger partial charge in [0, 0.05) is 44.0 Å². The molecule has 28 heavy (non-hydrogen) atoms. The first-order valence-electron chi connectivity index (χ1n) is 10.3. The molecule has 3 rings (SSSR count). The number of ether oxygens (including phenoxy) is 2. The van der Waals surface area contributed by atoms with Gasteiger partial charge < -0.3 is 24.6 Å². The Morgan fingerprint density at radius 1 is 1.18 bits per heavy atom. The molecule has 1 unspecified atom stereocenters. The number of hydrogen-bond acceptors (Lipinski definition) is 6. The van der Waals surface area contributed by atoms with Crippen LogP contribution in [0.15, 0.2) is 24.3 Å². The summed E-state index contributed by atoms with van der Waals surface area (Å²) in [5.41, 5.74) is 1.96. The predicted molar refractivity (Wildman–Crippen MR) is 109 cm³/mol. The van der Waals surface area contributed by atoms with Crippen LogP contribution in [-0.4, -0.2) is 69.3 Å². The van der Waals surface area contributed by atoms with Crippen molar-refractivity contribution in [2.75, 3.05) is 62.8 Å². The molecule has 2 aliphatic heterocycles. The van der Waals surface area contributed by atoms with Gasteiger partial charge >= 0.3 is 5.97 Å². The van der Waals surface area contributed by atoms with E-state index < -0.39 is 0 Å². The van der Waals surface area contributed by atoms with E-state index >= 15 is 0 Å². The van der Waals surface area contributed by atoms with Gasteiger partial charge in [0.2, 0.25) is 5.91 Å². The summed E-state index contributed by atoms with van der Waals surface area (Å²) in [6, 6.07) is 7.96. The smallest absolute Gasteiger partial charge is 0.310 e. The van der Waals surface area contributed by atoms with Crippen molar-refractivity contribution < 1.29 is 19.1 Å². The first-order chi connectivity index (χ1) is 13.7. The topological polar surface area (TPSA) is 71.1 Å². The quantitative estimate of drug-likeness (QED) is 0.721. The fourth-order valence-corrected chi connectivity index (χ4v) is 3.77. The Balaban J connectivity index is 1.42. The van der Waals surface area contributed by atoms with Gasteiger partial charge in [-0.2, -0.15) is 0 Å². The molecular weight excluding hydrogens is 358 g/mol. The molecule has 1 aromatic rings. The summed E-state index contributed by atoms with van der Waals surface area (Å²) in [4.78, 5) is 28.7. The van der Waals surface area contributed by atoms with Crippen molar-refractivity contribution >= 4 is 23.3 Å². The highest BCUT2D eigenvalue weighted by Gasteiger charge is 2.26. The van der Waals surface area contributed by atoms with E-state index in [4.69, 9.17) is 9.47 Å². The van der Waals surface area contributed by atoms with E-state index in [0.29, 0.717) is 26.1 Å². The van der Waals surface area contributed by atoms with Gasteiger partial charge in [0.15, 0.2) is 0 Å². The number of carbonyl (C=O) groups is 2. The minimum atomic E-state index is -0.114. The fourth-order valence-electron chi connectivity index (χ4n) is 3.77. The minimum Gasteiger partial charge on any atom is -0.466 e.